The zero-order chi connectivity index (χ0) is 13.3. The summed E-state index contributed by atoms with van der Waals surface area (Å²) in [5.41, 5.74) is 0. The number of hydrogen-bond donors (Lipinski definition) is 1. The summed E-state index contributed by atoms with van der Waals surface area (Å²) in [5, 5.41) is 2.82. The molecule has 0 spiro atoms. The molecule has 1 aliphatic heterocycles. The number of carbonyl (C=O) groups excluding carboxylic acids is 2. The van der Waals surface area contributed by atoms with Crippen molar-refractivity contribution in [2.45, 2.75) is 45.2 Å². The molecule has 0 aromatic carbocycles. The quantitative estimate of drug-likeness (QED) is 0.801. The highest BCUT2D eigenvalue weighted by molar-refractivity contribution is 5.97. The lowest BCUT2D eigenvalue weighted by molar-refractivity contribution is -0.151. The van der Waals surface area contributed by atoms with E-state index < -0.39 is 12.7 Å². The summed E-state index contributed by atoms with van der Waals surface area (Å²) in [7, 11) is 0. The molecule has 2 atom stereocenters. The van der Waals surface area contributed by atoms with E-state index in [4.69, 9.17) is 0 Å². The second-order valence-electron chi connectivity index (χ2n) is 5.59. The molecule has 0 aromatic rings. The van der Waals surface area contributed by atoms with Crippen LogP contribution in [0.15, 0.2) is 0 Å². The van der Waals surface area contributed by atoms with E-state index in [1.807, 2.05) is 13.8 Å². The number of halogens is 1. The van der Waals surface area contributed by atoms with Crippen LogP contribution in [0.4, 0.5) is 4.39 Å². The number of nitrogens with zero attached hydrogens (tertiary/aromatic N) is 1. The van der Waals surface area contributed by atoms with E-state index in [0.29, 0.717) is 13.0 Å². The summed E-state index contributed by atoms with van der Waals surface area (Å²) < 4.78 is 12.3. The molecule has 1 saturated heterocycles. The molecule has 2 fully saturated rings. The predicted molar refractivity (Wildman–Crippen MR) is 65.6 cm³/mol. The van der Waals surface area contributed by atoms with Gasteiger partial charge in [-0.3, -0.25) is 14.0 Å². The zero-order valence-electron chi connectivity index (χ0n) is 11.0. The minimum Gasteiger partial charge on any atom is -0.342 e. The third-order valence-electron chi connectivity index (χ3n) is 3.72. The maximum Gasteiger partial charge on any atom is 0.246 e. The Labute approximate surface area is 107 Å². The third kappa shape index (κ3) is 2.49. The summed E-state index contributed by atoms with van der Waals surface area (Å²) in [6.07, 6.45) is 2.29. The SMILES string of the molecule is CC(C)C1NC(=O)C(C2CC2)N(CCCF)C1=O. The number of alkyl halides is 1. The lowest BCUT2D eigenvalue weighted by atomic mass is 9.96. The van der Waals surface area contributed by atoms with Gasteiger partial charge in [-0.15, -0.1) is 0 Å². The first-order valence-corrected chi connectivity index (χ1v) is 6.73. The molecule has 102 valence electrons. The van der Waals surface area contributed by atoms with Gasteiger partial charge < -0.3 is 10.2 Å². The molecule has 4 nitrogen and oxygen atoms in total. The van der Waals surface area contributed by atoms with Gasteiger partial charge in [0.25, 0.3) is 0 Å². The van der Waals surface area contributed by atoms with E-state index in [1.54, 1.807) is 4.90 Å². The van der Waals surface area contributed by atoms with Crippen molar-refractivity contribution in [1.29, 1.82) is 0 Å². The monoisotopic (exact) mass is 256 g/mol. The van der Waals surface area contributed by atoms with Crippen molar-refractivity contribution in [2.75, 3.05) is 13.2 Å². The number of nitrogens with one attached hydrogen (secondary N) is 1. The van der Waals surface area contributed by atoms with Gasteiger partial charge in [-0.25, -0.2) is 0 Å². The molecular weight excluding hydrogens is 235 g/mol. The van der Waals surface area contributed by atoms with Crippen molar-refractivity contribution < 1.29 is 14.0 Å². The van der Waals surface area contributed by atoms with Crippen LogP contribution in [0.5, 0.6) is 0 Å². The Morgan fingerprint density at radius 3 is 2.56 bits per heavy atom. The Kier molecular flexibility index (Phi) is 3.88. The first kappa shape index (κ1) is 13.3. The molecule has 2 amide bonds. The lowest BCUT2D eigenvalue weighted by Gasteiger charge is -2.40. The highest BCUT2D eigenvalue weighted by atomic mass is 19.1. The largest absolute Gasteiger partial charge is 0.342 e. The van der Waals surface area contributed by atoms with Crippen molar-refractivity contribution in [3.05, 3.63) is 0 Å². The standard InChI is InChI=1S/C13H21FN2O2/c1-8(2)10-13(18)16(7-3-6-14)11(9-4-5-9)12(17)15-10/h8-11H,3-7H2,1-2H3,(H,15,17). The first-order chi connectivity index (χ1) is 8.56. The molecular formula is C13H21FN2O2. The number of amides is 2. The van der Waals surface area contributed by atoms with Gasteiger partial charge in [0.1, 0.15) is 12.1 Å². The van der Waals surface area contributed by atoms with Crippen LogP contribution >= 0.6 is 0 Å². The van der Waals surface area contributed by atoms with Gasteiger partial charge in [0, 0.05) is 6.54 Å². The van der Waals surface area contributed by atoms with Gasteiger partial charge in [-0.1, -0.05) is 13.8 Å². The zero-order valence-corrected chi connectivity index (χ0v) is 11.0. The molecule has 0 bridgehead atoms. The van der Waals surface area contributed by atoms with E-state index >= 15 is 0 Å². The van der Waals surface area contributed by atoms with Crippen molar-refractivity contribution >= 4 is 11.8 Å². The normalized spacial score (nSPS) is 28.8. The molecule has 2 unspecified atom stereocenters. The minimum atomic E-state index is -0.452. The van der Waals surface area contributed by atoms with Crippen LogP contribution in [0, 0.1) is 11.8 Å². The van der Waals surface area contributed by atoms with Gasteiger partial charge in [-0.05, 0) is 31.1 Å². The molecule has 2 rings (SSSR count). The van der Waals surface area contributed by atoms with Crippen molar-refractivity contribution in [1.82, 2.24) is 10.2 Å². The highest BCUT2D eigenvalue weighted by Gasteiger charge is 2.48. The Balaban J connectivity index is 2.15. The first-order valence-electron chi connectivity index (χ1n) is 6.73. The van der Waals surface area contributed by atoms with Crippen LogP contribution in [-0.4, -0.2) is 42.0 Å². The molecule has 2 aliphatic rings. The number of piperazine rings is 1. The van der Waals surface area contributed by atoms with Crippen LogP contribution < -0.4 is 5.32 Å². The van der Waals surface area contributed by atoms with Crippen LogP contribution in [0.25, 0.3) is 0 Å². The second kappa shape index (κ2) is 5.24. The molecule has 18 heavy (non-hydrogen) atoms. The molecule has 1 saturated carbocycles. The van der Waals surface area contributed by atoms with Gasteiger partial charge in [0.05, 0.1) is 6.67 Å². The summed E-state index contributed by atoms with van der Waals surface area (Å²) >= 11 is 0. The number of rotatable bonds is 5. The molecule has 5 heteroatoms. The number of hydrogen-bond acceptors (Lipinski definition) is 2. The van der Waals surface area contributed by atoms with E-state index in [9.17, 15) is 14.0 Å². The Bertz CT molecular complexity index is 342. The van der Waals surface area contributed by atoms with E-state index in [1.165, 1.54) is 0 Å². The lowest BCUT2D eigenvalue weighted by Crippen LogP contribution is -2.65. The van der Waals surface area contributed by atoms with E-state index in [0.717, 1.165) is 12.8 Å². The summed E-state index contributed by atoms with van der Waals surface area (Å²) in [5.74, 6) is 0.237. The summed E-state index contributed by atoms with van der Waals surface area (Å²) in [4.78, 5) is 26.1. The summed E-state index contributed by atoms with van der Waals surface area (Å²) in [6, 6.07) is -0.814. The van der Waals surface area contributed by atoms with E-state index in [-0.39, 0.29) is 29.7 Å². The van der Waals surface area contributed by atoms with Crippen molar-refractivity contribution in [3.63, 3.8) is 0 Å². The fourth-order valence-corrected chi connectivity index (χ4v) is 2.57. The Morgan fingerprint density at radius 1 is 1.39 bits per heavy atom. The highest BCUT2D eigenvalue weighted by Crippen LogP contribution is 2.37. The molecule has 1 N–H and O–H groups in total. The second-order valence-corrected chi connectivity index (χ2v) is 5.59. The average Bonchev–Trinajstić information content (AvgIpc) is 3.13. The van der Waals surface area contributed by atoms with Crippen LogP contribution in [0.3, 0.4) is 0 Å². The number of carbonyl (C=O) groups is 2. The van der Waals surface area contributed by atoms with Crippen molar-refractivity contribution in [2.24, 2.45) is 11.8 Å². The van der Waals surface area contributed by atoms with Gasteiger partial charge >= 0.3 is 0 Å². The molecule has 1 heterocycles. The maximum atomic E-state index is 12.3. The fourth-order valence-electron chi connectivity index (χ4n) is 2.57. The molecule has 1 aliphatic carbocycles. The predicted octanol–water partition coefficient (Wildman–Crippen LogP) is 1.11. The fraction of sp³-hybridized carbons (Fsp3) is 0.846. The summed E-state index contributed by atoms with van der Waals surface area (Å²) in [6.45, 7) is 3.73. The van der Waals surface area contributed by atoms with Crippen molar-refractivity contribution in [3.8, 4) is 0 Å². The molecule has 0 radical (unpaired) electrons. The minimum absolute atomic E-state index is 0.0463. The van der Waals surface area contributed by atoms with Gasteiger partial charge in [0.15, 0.2) is 0 Å². The Morgan fingerprint density at radius 2 is 2.06 bits per heavy atom. The Hall–Kier alpha value is -1.13. The molecule has 0 aromatic heterocycles. The van der Waals surface area contributed by atoms with Crippen LogP contribution in [-0.2, 0) is 9.59 Å². The average molecular weight is 256 g/mol. The maximum absolute atomic E-state index is 12.3. The van der Waals surface area contributed by atoms with Crippen LogP contribution in [0.2, 0.25) is 0 Å². The van der Waals surface area contributed by atoms with Gasteiger partial charge in [-0.2, -0.15) is 0 Å². The van der Waals surface area contributed by atoms with Gasteiger partial charge in [0.2, 0.25) is 11.8 Å². The third-order valence-corrected chi connectivity index (χ3v) is 3.72. The smallest absolute Gasteiger partial charge is 0.246 e. The topological polar surface area (TPSA) is 49.4 Å². The van der Waals surface area contributed by atoms with Crippen LogP contribution in [0.1, 0.15) is 33.1 Å². The van der Waals surface area contributed by atoms with E-state index in [2.05, 4.69) is 5.32 Å².